The van der Waals surface area contributed by atoms with Gasteiger partial charge in [0.25, 0.3) is 5.95 Å². The highest BCUT2D eigenvalue weighted by atomic mass is 19.1. The predicted octanol–water partition coefficient (Wildman–Crippen LogP) is 5.60. The molecule has 6 aromatic rings. The molecule has 214 valence electrons. The Morgan fingerprint density at radius 1 is 0.884 bits per heavy atom. The van der Waals surface area contributed by atoms with E-state index in [0.717, 1.165) is 22.2 Å². The van der Waals surface area contributed by atoms with Gasteiger partial charge in [-0.05, 0) is 28.3 Å². The lowest BCUT2D eigenvalue weighted by molar-refractivity contribution is 0.201. The van der Waals surface area contributed by atoms with Gasteiger partial charge < -0.3 is 16.6 Å². The van der Waals surface area contributed by atoms with Crippen LogP contribution in [0.3, 0.4) is 0 Å². The maximum Gasteiger partial charge on any atom is 0.412 e. The second-order valence-corrected chi connectivity index (χ2v) is 9.68. The highest BCUT2D eigenvalue weighted by molar-refractivity contribution is 5.94. The Morgan fingerprint density at radius 3 is 2.23 bits per heavy atom. The molecule has 0 fully saturated rings. The van der Waals surface area contributed by atoms with Gasteiger partial charge in [-0.1, -0.05) is 72.8 Å². The molecule has 0 saturated carbocycles. The van der Waals surface area contributed by atoms with Crippen LogP contribution in [0.15, 0.2) is 91.1 Å². The SMILES string of the molecule is Nc1nc(-n2nc(Cc3ccccc3F)c3ncc(F)cc32)nc(N)c1N(Cc1ccccc1-c1ccccc1)C(=O)O. The second-order valence-electron chi connectivity index (χ2n) is 9.68. The molecule has 3 heterocycles. The minimum atomic E-state index is -1.32. The summed E-state index contributed by atoms with van der Waals surface area (Å²) in [7, 11) is 0. The predicted molar refractivity (Wildman–Crippen MR) is 159 cm³/mol. The Hall–Kier alpha value is -5.91. The van der Waals surface area contributed by atoms with Gasteiger partial charge in [0.2, 0.25) is 0 Å². The lowest BCUT2D eigenvalue weighted by Crippen LogP contribution is -2.31. The molecule has 5 N–H and O–H groups in total. The normalized spacial score (nSPS) is 11.1. The number of carbonyl (C=O) groups is 1. The van der Waals surface area contributed by atoms with Crippen LogP contribution in [0.1, 0.15) is 16.8 Å². The zero-order valence-electron chi connectivity index (χ0n) is 22.5. The number of benzene rings is 3. The van der Waals surface area contributed by atoms with Crippen LogP contribution in [0.2, 0.25) is 0 Å². The van der Waals surface area contributed by atoms with Crippen molar-refractivity contribution in [1.29, 1.82) is 0 Å². The zero-order valence-corrected chi connectivity index (χ0v) is 22.5. The first kappa shape index (κ1) is 27.3. The molecule has 6 rings (SSSR count). The number of nitrogens with zero attached hydrogens (tertiary/aromatic N) is 6. The van der Waals surface area contributed by atoms with Crippen molar-refractivity contribution in [3.63, 3.8) is 0 Å². The lowest BCUT2D eigenvalue weighted by Gasteiger charge is -2.23. The smallest absolute Gasteiger partial charge is 0.412 e. The fourth-order valence-electron chi connectivity index (χ4n) is 4.95. The van der Waals surface area contributed by atoms with Crippen LogP contribution < -0.4 is 16.4 Å². The van der Waals surface area contributed by atoms with Crippen molar-refractivity contribution in [1.82, 2.24) is 24.7 Å². The third kappa shape index (κ3) is 5.28. The maximum absolute atomic E-state index is 14.4. The molecule has 0 aliphatic carbocycles. The first-order chi connectivity index (χ1) is 20.8. The topological polar surface area (TPSA) is 149 Å². The second kappa shape index (κ2) is 11.2. The molecule has 12 heteroatoms. The summed E-state index contributed by atoms with van der Waals surface area (Å²) < 4.78 is 29.9. The molecule has 10 nitrogen and oxygen atoms in total. The minimum Gasteiger partial charge on any atom is -0.465 e. The molecule has 0 spiro atoms. The van der Waals surface area contributed by atoms with Gasteiger partial charge >= 0.3 is 6.09 Å². The van der Waals surface area contributed by atoms with E-state index in [0.29, 0.717) is 22.3 Å². The van der Waals surface area contributed by atoms with E-state index in [1.807, 2.05) is 54.6 Å². The molecule has 3 aromatic carbocycles. The van der Waals surface area contributed by atoms with Crippen LogP contribution in [0.25, 0.3) is 28.1 Å². The fourth-order valence-corrected chi connectivity index (χ4v) is 4.95. The Labute approximate surface area is 243 Å². The molecule has 3 aromatic heterocycles. The number of amides is 1. The monoisotopic (exact) mass is 578 g/mol. The summed E-state index contributed by atoms with van der Waals surface area (Å²) in [6, 6.07) is 24.3. The van der Waals surface area contributed by atoms with Gasteiger partial charge in [-0.2, -0.15) is 19.7 Å². The number of carboxylic acid groups (broad SMARTS) is 1. The number of rotatable bonds is 7. The van der Waals surface area contributed by atoms with Crippen molar-refractivity contribution >= 4 is 34.4 Å². The van der Waals surface area contributed by atoms with Crippen LogP contribution in [0.5, 0.6) is 0 Å². The van der Waals surface area contributed by atoms with Gasteiger partial charge in [0, 0.05) is 12.5 Å². The summed E-state index contributed by atoms with van der Waals surface area (Å²) in [5.41, 5.74) is 16.2. The third-order valence-electron chi connectivity index (χ3n) is 6.92. The van der Waals surface area contributed by atoms with E-state index in [2.05, 4.69) is 20.1 Å². The molecule has 0 aliphatic rings. The van der Waals surface area contributed by atoms with Gasteiger partial charge in [-0.15, -0.1) is 0 Å². The van der Waals surface area contributed by atoms with E-state index >= 15 is 0 Å². The number of pyridine rings is 1. The van der Waals surface area contributed by atoms with Crippen molar-refractivity contribution in [2.45, 2.75) is 13.0 Å². The molecule has 0 radical (unpaired) electrons. The Balaban J connectivity index is 1.41. The van der Waals surface area contributed by atoms with Crippen molar-refractivity contribution in [2.75, 3.05) is 16.4 Å². The van der Waals surface area contributed by atoms with Crippen molar-refractivity contribution in [2.24, 2.45) is 0 Å². The fraction of sp³-hybridized carbons (Fsp3) is 0.0645. The Morgan fingerprint density at radius 2 is 1.53 bits per heavy atom. The molecule has 0 atom stereocenters. The van der Waals surface area contributed by atoms with E-state index < -0.39 is 17.7 Å². The molecule has 0 bridgehead atoms. The first-order valence-corrected chi connectivity index (χ1v) is 13.1. The largest absolute Gasteiger partial charge is 0.465 e. The average Bonchev–Trinajstić information content (AvgIpc) is 3.35. The summed E-state index contributed by atoms with van der Waals surface area (Å²) in [5, 5.41) is 14.7. The number of anilines is 3. The molecule has 0 unspecified atom stereocenters. The summed E-state index contributed by atoms with van der Waals surface area (Å²) in [6.07, 6.45) is -0.226. The van der Waals surface area contributed by atoms with Gasteiger partial charge in [-0.25, -0.2) is 18.6 Å². The molecule has 0 aliphatic heterocycles. The average molecular weight is 579 g/mol. The van der Waals surface area contributed by atoms with E-state index in [9.17, 15) is 18.7 Å². The number of nitrogens with two attached hydrogens (primary N) is 2. The van der Waals surface area contributed by atoms with Gasteiger partial charge in [0.05, 0.1) is 24.0 Å². The van der Waals surface area contributed by atoms with E-state index in [4.69, 9.17) is 11.5 Å². The van der Waals surface area contributed by atoms with E-state index in [-0.39, 0.29) is 41.8 Å². The van der Waals surface area contributed by atoms with Crippen LogP contribution >= 0.6 is 0 Å². The Kier molecular flexibility index (Phi) is 7.08. The minimum absolute atomic E-state index is 0.0610. The van der Waals surface area contributed by atoms with Crippen LogP contribution in [-0.4, -0.2) is 35.9 Å². The molecular weight excluding hydrogens is 554 g/mol. The standard InChI is InChI=1S/C31H24F2N8O2/c32-21-15-25-26(36-16-21)24(14-19-10-5-7-13-23(19)33)39-41(25)30-37-28(34)27(29(35)38-30)40(31(42)43)17-20-11-4-6-12-22(20)18-8-2-1-3-9-18/h1-13,15-16H,14,17H2,(H,42,43)(H4,34,35,37,38). The van der Waals surface area contributed by atoms with E-state index in [1.165, 1.54) is 16.8 Å². The zero-order chi connectivity index (χ0) is 30.1. The summed E-state index contributed by atoms with van der Waals surface area (Å²) in [4.78, 5) is 26.2. The summed E-state index contributed by atoms with van der Waals surface area (Å²) in [5.74, 6) is -1.66. The van der Waals surface area contributed by atoms with Gasteiger partial charge in [0.1, 0.15) is 22.8 Å². The number of hydrogen-bond donors (Lipinski definition) is 3. The lowest BCUT2D eigenvalue weighted by atomic mass is 9.99. The number of aromatic nitrogens is 5. The highest BCUT2D eigenvalue weighted by Crippen LogP contribution is 2.33. The van der Waals surface area contributed by atoms with Crippen molar-refractivity contribution in [3.05, 3.63) is 120 Å². The van der Waals surface area contributed by atoms with E-state index in [1.54, 1.807) is 18.2 Å². The highest BCUT2D eigenvalue weighted by Gasteiger charge is 2.26. The number of fused-ring (bicyclic) bond motifs is 1. The molecular formula is C31H24F2N8O2. The number of hydrogen-bond acceptors (Lipinski definition) is 7. The maximum atomic E-state index is 14.4. The van der Waals surface area contributed by atoms with Crippen LogP contribution in [0, 0.1) is 11.6 Å². The Bertz CT molecular complexity index is 1960. The van der Waals surface area contributed by atoms with Crippen molar-refractivity contribution in [3.8, 4) is 17.1 Å². The quantitative estimate of drug-likeness (QED) is 0.222. The number of nitrogen functional groups attached to an aromatic ring is 2. The molecule has 0 saturated heterocycles. The first-order valence-electron chi connectivity index (χ1n) is 13.1. The van der Waals surface area contributed by atoms with Crippen LogP contribution in [0.4, 0.5) is 30.9 Å². The molecule has 1 amide bonds. The summed E-state index contributed by atoms with van der Waals surface area (Å²) in [6.45, 7) is -0.0931. The van der Waals surface area contributed by atoms with Gasteiger partial charge in [0.15, 0.2) is 11.6 Å². The van der Waals surface area contributed by atoms with Crippen LogP contribution in [-0.2, 0) is 13.0 Å². The summed E-state index contributed by atoms with van der Waals surface area (Å²) >= 11 is 0. The number of halogens is 2. The third-order valence-corrected chi connectivity index (χ3v) is 6.92. The molecule has 43 heavy (non-hydrogen) atoms. The van der Waals surface area contributed by atoms with Crippen molar-refractivity contribution < 1.29 is 18.7 Å². The van der Waals surface area contributed by atoms with Gasteiger partial charge in [-0.3, -0.25) is 4.90 Å².